The van der Waals surface area contributed by atoms with Gasteiger partial charge in [-0.1, -0.05) is 18.5 Å². The average molecular weight is 494 g/mol. The summed E-state index contributed by atoms with van der Waals surface area (Å²) in [6, 6.07) is 5.61. The number of nitrogens with zero attached hydrogens (tertiary/aromatic N) is 5. The van der Waals surface area contributed by atoms with E-state index < -0.39 is 23.2 Å². The van der Waals surface area contributed by atoms with Crippen LogP contribution in [0.4, 0.5) is 17.6 Å². The Balaban J connectivity index is 1.50. The fraction of sp³-hybridized carbons (Fsp3) is 0.409. The van der Waals surface area contributed by atoms with Gasteiger partial charge in [-0.15, -0.1) is 0 Å². The van der Waals surface area contributed by atoms with Crippen LogP contribution in [0.3, 0.4) is 0 Å². The number of aryl methyl sites for hydroxylation is 2. The number of aromatic amines is 1. The van der Waals surface area contributed by atoms with Crippen LogP contribution in [-0.2, 0) is 25.7 Å². The van der Waals surface area contributed by atoms with Crippen LogP contribution in [0, 0.1) is 5.82 Å². The van der Waals surface area contributed by atoms with E-state index in [2.05, 4.69) is 15.1 Å². The first-order chi connectivity index (χ1) is 16.7. The molecule has 35 heavy (non-hydrogen) atoms. The molecule has 0 saturated carbocycles. The molecule has 0 fully saturated rings. The van der Waals surface area contributed by atoms with Crippen LogP contribution < -0.4 is 11.2 Å². The largest absolute Gasteiger partial charge is 0.449 e. The van der Waals surface area contributed by atoms with Gasteiger partial charge in [-0.25, -0.2) is 14.2 Å². The van der Waals surface area contributed by atoms with Crippen molar-refractivity contribution in [2.45, 2.75) is 58.3 Å². The van der Waals surface area contributed by atoms with Crippen molar-refractivity contribution < 1.29 is 22.1 Å². The first kappa shape index (κ1) is 24.4. The summed E-state index contributed by atoms with van der Waals surface area (Å²) < 4.78 is 59.8. The van der Waals surface area contributed by atoms with E-state index >= 15 is 0 Å². The summed E-state index contributed by atoms with van der Waals surface area (Å²) >= 11 is 0. The van der Waals surface area contributed by atoms with Crippen molar-refractivity contribution >= 4 is 11.2 Å². The number of rotatable bonds is 9. The Morgan fingerprint density at radius 3 is 2.40 bits per heavy atom. The quantitative estimate of drug-likeness (QED) is 0.279. The van der Waals surface area contributed by atoms with E-state index in [0.29, 0.717) is 49.4 Å². The molecule has 0 radical (unpaired) electrons. The molecular formula is C22H22F4N6O3. The van der Waals surface area contributed by atoms with Gasteiger partial charge in [-0.3, -0.25) is 13.9 Å². The molecule has 0 aliphatic rings. The SMILES string of the molecule is CCCCn1c(=O)n(CCCCc2nc(-c3ccc(F)cc3)no2)c(=O)c2[nH]c(C(F)(F)F)nc21. The maximum Gasteiger partial charge on any atom is 0.449 e. The summed E-state index contributed by atoms with van der Waals surface area (Å²) in [5.41, 5.74) is -1.61. The number of hydrogen-bond donors (Lipinski definition) is 1. The molecule has 1 aromatic carbocycles. The summed E-state index contributed by atoms with van der Waals surface area (Å²) in [6.45, 7) is 2.02. The van der Waals surface area contributed by atoms with Crippen LogP contribution in [0.5, 0.6) is 0 Å². The molecule has 3 heterocycles. The van der Waals surface area contributed by atoms with Crippen LogP contribution in [0.15, 0.2) is 38.4 Å². The lowest BCUT2D eigenvalue weighted by molar-refractivity contribution is -0.144. The molecular weight excluding hydrogens is 472 g/mol. The summed E-state index contributed by atoms with van der Waals surface area (Å²) in [6.07, 6.45) is -2.34. The lowest BCUT2D eigenvalue weighted by atomic mass is 10.2. The summed E-state index contributed by atoms with van der Waals surface area (Å²) in [5, 5.41) is 3.86. The zero-order chi connectivity index (χ0) is 25.2. The van der Waals surface area contributed by atoms with E-state index in [4.69, 9.17) is 4.52 Å². The van der Waals surface area contributed by atoms with Crippen LogP contribution in [0.2, 0.25) is 0 Å². The number of unbranched alkanes of at least 4 members (excludes halogenated alkanes) is 2. The molecule has 0 atom stereocenters. The van der Waals surface area contributed by atoms with Crippen molar-refractivity contribution in [3.05, 3.63) is 62.6 Å². The monoisotopic (exact) mass is 494 g/mol. The molecule has 0 bridgehead atoms. The van der Waals surface area contributed by atoms with Crippen LogP contribution in [0.25, 0.3) is 22.6 Å². The highest BCUT2D eigenvalue weighted by molar-refractivity contribution is 5.70. The maximum atomic E-state index is 13.2. The molecule has 0 unspecified atom stereocenters. The number of hydrogen-bond acceptors (Lipinski definition) is 6. The van der Waals surface area contributed by atoms with Gasteiger partial charge in [0.25, 0.3) is 5.56 Å². The lowest BCUT2D eigenvalue weighted by Gasteiger charge is -2.10. The topological polar surface area (TPSA) is 112 Å². The van der Waals surface area contributed by atoms with E-state index in [0.717, 1.165) is 9.13 Å². The first-order valence-electron chi connectivity index (χ1n) is 11.1. The predicted octanol–water partition coefficient (Wildman–Crippen LogP) is 3.92. The Morgan fingerprint density at radius 2 is 1.71 bits per heavy atom. The number of nitrogens with one attached hydrogen (secondary N) is 1. The van der Waals surface area contributed by atoms with Crippen LogP contribution in [-0.4, -0.2) is 29.2 Å². The van der Waals surface area contributed by atoms with Gasteiger partial charge in [0.05, 0.1) is 0 Å². The molecule has 0 spiro atoms. The fourth-order valence-corrected chi connectivity index (χ4v) is 3.63. The average Bonchev–Trinajstić information content (AvgIpc) is 3.47. The number of alkyl halides is 3. The van der Waals surface area contributed by atoms with E-state index in [1.54, 1.807) is 0 Å². The number of imidazole rings is 1. The third kappa shape index (κ3) is 5.17. The molecule has 0 aliphatic heterocycles. The molecule has 186 valence electrons. The Bertz CT molecular complexity index is 1430. The smallest absolute Gasteiger partial charge is 0.339 e. The Kier molecular flexibility index (Phi) is 6.85. The zero-order valence-electron chi connectivity index (χ0n) is 18.7. The van der Waals surface area contributed by atoms with Gasteiger partial charge in [0.2, 0.25) is 17.5 Å². The number of H-pyrrole nitrogens is 1. The van der Waals surface area contributed by atoms with Gasteiger partial charge in [0.15, 0.2) is 5.65 Å². The van der Waals surface area contributed by atoms with E-state index in [-0.39, 0.29) is 30.1 Å². The molecule has 0 saturated heterocycles. The highest BCUT2D eigenvalue weighted by Gasteiger charge is 2.36. The normalized spacial score (nSPS) is 12.0. The molecule has 0 amide bonds. The molecule has 1 N–H and O–H groups in total. The second-order valence-electron chi connectivity index (χ2n) is 8.00. The first-order valence-corrected chi connectivity index (χ1v) is 11.1. The summed E-state index contributed by atoms with van der Waals surface area (Å²) in [5.74, 6) is -1.07. The van der Waals surface area contributed by atoms with E-state index in [9.17, 15) is 27.2 Å². The summed E-state index contributed by atoms with van der Waals surface area (Å²) in [7, 11) is 0. The minimum absolute atomic E-state index is 0.000933. The second-order valence-corrected chi connectivity index (χ2v) is 8.00. The Morgan fingerprint density at radius 1 is 1.00 bits per heavy atom. The van der Waals surface area contributed by atoms with Gasteiger partial charge in [-0.05, 0) is 43.5 Å². The van der Waals surface area contributed by atoms with Crippen molar-refractivity contribution in [3.8, 4) is 11.4 Å². The number of benzene rings is 1. The third-order valence-corrected chi connectivity index (χ3v) is 5.46. The van der Waals surface area contributed by atoms with Crippen molar-refractivity contribution in [3.63, 3.8) is 0 Å². The highest BCUT2D eigenvalue weighted by atomic mass is 19.4. The standard InChI is InChI=1S/C22H22F4N6O3/c1-2-3-11-31-18-16(28-20(29-18)22(24,25)26)19(33)32(21(31)34)12-5-4-6-15-27-17(30-35-15)13-7-9-14(23)10-8-13/h7-10H,2-6,11-12H2,1H3,(H,28,29). The van der Waals surface area contributed by atoms with Crippen molar-refractivity contribution in [1.82, 2.24) is 29.2 Å². The number of halogens is 4. The van der Waals surface area contributed by atoms with E-state index in [1.807, 2.05) is 11.9 Å². The number of fused-ring (bicyclic) bond motifs is 1. The molecule has 4 rings (SSSR count). The number of aromatic nitrogens is 6. The van der Waals surface area contributed by atoms with Crippen LogP contribution in [0.1, 0.15) is 44.3 Å². The predicted molar refractivity (Wildman–Crippen MR) is 117 cm³/mol. The molecule has 3 aromatic heterocycles. The molecule has 13 heteroatoms. The van der Waals surface area contributed by atoms with Crippen LogP contribution >= 0.6 is 0 Å². The van der Waals surface area contributed by atoms with Gasteiger partial charge in [-0.2, -0.15) is 18.2 Å². The minimum Gasteiger partial charge on any atom is -0.339 e. The second kappa shape index (κ2) is 9.84. The lowest BCUT2D eigenvalue weighted by Crippen LogP contribution is -2.40. The van der Waals surface area contributed by atoms with Gasteiger partial charge in [0, 0.05) is 25.1 Å². The van der Waals surface area contributed by atoms with Gasteiger partial charge < -0.3 is 9.51 Å². The Labute approximate surface area is 195 Å². The zero-order valence-corrected chi connectivity index (χ0v) is 18.7. The van der Waals surface area contributed by atoms with Crippen molar-refractivity contribution in [2.75, 3.05) is 0 Å². The maximum absolute atomic E-state index is 13.2. The minimum atomic E-state index is -4.78. The van der Waals surface area contributed by atoms with E-state index in [1.165, 1.54) is 24.3 Å². The molecule has 9 nitrogen and oxygen atoms in total. The summed E-state index contributed by atoms with van der Waals surface area (Å²) in [4.78, 5) is 35.5. The van der Waals surface area contributed by atoms with Gasteiger partial charge >= 0.3 is 11.9 Å². The van der Waals surface area contributed by atoms with Crippen molar-refractivity contribution in [2.24, 2.45) is 0 Å². The Hall–Kier alpha value is -3.77. The third-order valence-electron chi connectivity index (χ3n) is 5.46. The molecule has 0 aliphatic carbocycles. The highest BCUT2D eigenvalue weighted by Crippen LogP contribution is 2.27. The fourth-order valence-electron chi connectivity index (χ4n) is 3.63. The van der Waals surface area contributed by atoms with Crippen molar-refractivity contribution in [1.29, 1.82) is 0 Å². The van der Waals surface area contributed by atoms with Gasteiger partial charge in [0.1, 0.15) is 11.3 Å². The molecule has 4 aromatic rings.